The van der Waals surface area contributed by atoms with Gasteiger partial charge in [-0.25, -0.2) is 0 Å². The van der Waals surface area contributed by atoms with E-state index >= 15 is 0 Å². The maximum absolute atomic E-state index is 12.9. The van der Waals surface area contributed by atoms with E-state index in [0.717, 1.165) is 32.5 Å². The number of hydrogen-bond donors (Lipinski definition) is 1. The van der Waals surface area contributed by atoms with Crippen molar-refractivity contribution in [3.05, 3.63) is 35.4 Å². The second-order valence-corrected chi connectivity index (χ2v) is 6.17. The molecule has 1 heterocycles. The number of likely N-dealkylation sites (tertiary alicyclic amines) is 1. The van der Waals surface area contributed by atoms with E-state index in [9.17, 15) is 4.79 Å². The molecule has 0 atom stereocenters. The standard InChI is InChI=1S/C17H24N2O/c1-18-13-14-6-5-7-15(12-14)17(8-9-17)16(20)19-10-3-2-4-11-19/h5-7,12,18H,2-4,8-11,13H2,1H3. The fourth-order valence-corrected chi connectivity index (χ4v) is 3.33. The molecule has 1 N–H and O–H groups in total. The van der Waals surface area contributed by atoms with Crippen molar-refractivity contribution in [2.75, 3.05) is 20.1 Å². The predicted octanol–water partition coefficient (Wildman–Crippen LogP) is 2.45. The van der Waals surface area contributed by atoms with Crippen LogP contribution in [-0.2, 0) is 16.8 Å². The maximum atomic E-state index is 12.9. The largest absolute Gasteiger partial charge is 0.342 e. The lowest BCUT2D eigenvalue weighted by Crippen LogP contribution is -2.42. The number of rotatable bonds is 4. The summed E-state index contributed by atoms with van der Waals surface area (Å²) in [7, 11) is 1.96. The zero-order valence-corrected chi connectivity index (χ0v) is 12.3. The van der Waals surface area contributed by atoms with E-state index in [1.165, 1.54) is 30.4 Å². The van der Waals surface area contributed by atoms with Crippen molar-refractivity contribution in [2.24, 2.45) is 0 Å². The summed E-state index contributed by atoms with van der Waals surface area (Å²) in [6.07, 6.45) is 5.65. The predicted molar refractivity (Wildman–Crippen MR) is 80.5 cm³/mol. The van der Waals surface area contributed by atoms with Gasteiger partial charge in [0.05, 0.1) is 5.41 Å². The van der Waals surface area contributed by atoms with Crippen molar-refractivity contribution in [1.82, 2.24) is 10.2 Å². The normalized spacial score (nSPS) is 20.8. The van der Waals surface area contributed by atoms with Crippen molar-refractivity contribution < 1.29 is 4.79 Å². The molecule has 108 valence electrons. The fraction of sp³-hybridized carbons (Fsp3) is 0.588. The molecule has 3 nitrogen and oxygen atoms in total. The summed E-state index contributed by atoms with van der Waals surface area (Å²) in [6.45, 7) is 2.77. The highest BCUT2D eigenvalue weighted by atomic mass is 16.2. The van der Waals surface area contributed by atoms with Gasteiger partial charge in [0.15, 0.2) is 0 Å². The number of nitrogens with one attached hydrogen (secondary N) is 1. The lowest BCUT2D eigenvalue weighted by atomic mass is 9.92. The Kier molecular flexibility index (Phi) is 3.79. The van der Waals surface area contributed by atoms with E-state index in [4.69, 9.17) is 0 Å². The average molecular weight is 272 g/mol. The van der Waals surface area contributed by atoms with E-state index in [-0.39, 0.29) is 5.41 Å². The van der Waals surface area contributed by atoms with Crippen LogP contribution in [0.2, 0.25) is 0 Å². The molecule has 2 fully saturated rings. The number of benzene rings is 1. The Morgan fingerprint density at radius 2 is 2.00 bits per heavy atom. The minimum atomic E-state index is -0.193. The molecule has 3 heteroatoms. The third kappa shape index (κ3) is 2.47. The summed E-state index contributed by atoms with van der Waals surface area (Å²) in [5.41, 5.74) is 2.30. The minimum absolute atomic E-state index is 0.193. The van der Waals surface area contributed by atoms with Crippen LogP contribution in [0.1, 0.15) is 43.2 Å². The van der Waals surface area contributed by atoms with Crippen LogP contribution in [0.25, 0.3) is 0 Å². The lowest BCUT2D eigenvalue weighted by Gasteiger charge is -2.31. The minimum Gasteiger partial charge on any atom is -0.342 e. The molecule has 1 saturated carbocycles. The van der Waals surface area contributed by atoms with Crippen LogP contribution in [0.5, 0.6) is 0 Å². The van der Waals surface area contributed by atoms with E-state index in [0.29, 0.717) is 5.91 Å². The molecule has 1 aliphatic carbocycles. The first-order valence-corrected chi connectivity index (χ1v) is 7.80. The summed E-state index contributed by atoms with van der Waals surface area (Å²) >= 11 is 0. The van der Waals surface area contributed by atoms with Crippen molar-refractivity contribution in [1.29, 1.82) is 0 Å². The Balaban J connectivity index is 1.80. The lowest BCUT2D eigenvalue weighted by molar-refractivity contribution is -0.134. The number of carbonyl (C=O) groups is 1. The van der Waals surface area contributed by atoms with Crippen LogP contribution in [0.4, 0.5) is 0 Å². The van der Waals surface area contributed by atoms with Crippen LogP contribution in [0.3, 0.4) is 0 Å². The van der Waals surface area contributed by atoms with Crippen molar-refractivity contribution in [3.63, 3.8) is 0 Å². The molecule has 0 radical (unpaired) electrons. The molecule has 1 aliphatic heterocycles. The summed E-state index contributed by atoms with van der Waals surface area (Å²) in [6, 6.07) is 8.56. The summed E-state index contributed by atoms with van der Waals surface area (Å²) in [4.78, 5) is 15.0. The Bertz CT molecular complexity index is 488. The average Bonchev–Trinajstić information content (AvgIpc) is 3.30. The van der Waals surface area contributed by atoms with Gasteiger partial charge >= 0.3 is 0 Å². The van der Waals surface area contributed by atoms with Gasteiger partial charge in [0.2, 0.25) is 5.91 Å². The van der Waals surface area contributed by atoms with E-state index in [1.807, 2.05) is 7.05 Å². The number of nitrogens with zero attached hydrogens (tertiary/aromatic N) is 1. The molecule has 20 heavy (non-hydrogen) atoms. The van der Waals surface area contributed by atoms with Gasteiger partial charge in [-0.05, 0) is 50.3 Å². The number of amides is 1. The van der Waals surface area contributed by atoms with Gasteiger partial charge in [-0.2, -0.15) is 0 Å². The first kappa shape index (κ1) is 13.6. The molecule has 1 amide bonds. The number of hydrogen-bond acceptors (Lipinski definition) is 2. The Labute approximate surface area is 121 Å². The maximum Gasteiger partial charge on any atom is 0.233 e. The molecule has 1 saturated heterocycles. The molecule has 0 bridgehead atoms. The van der Waals surface area contributed by atoms with Crippen LogP contribution in [0.15, 0.2) is 24.3 Å². The molecule has 1 aromatic rings. The zero-order chi connectivity index (χ0) is 14.0. The summed E-state index contributed by atoms with van der Waals surface area (Å²) in [5.74, 6) is 0.374. The number of carbonyl (C=O) groups excluding carboxylic acids is 1. The molecular formula is C17H24N2O. The molecule has 3 rings (SSSR count). The highest BCUT2D eigenvalue weighted by Crippen LogP contribution is 2.50. The smallest absolute Gasteiger partial charge is 0.233 e. The number of piperidine rings is 1. The Morgan fingerprint density at radius 1 is 1.25 bits per heavy atom. The first-order chi connectivity index (χ1) is 9.76. The van der Waals surface area contributed by atoms with Gasteiger partial charge < -0.3 is 10.2 Å². The van der Waals surface area contributed by atoms with Gasteiger partial charge in [-0.3, -0.25) is 4.79 Å². The van der Waals surface area contributed by atoms with Gasteiger partial charge in [-0.1, -0.05) is 24.3 Å². The molecule has 2 aliphatic rings. The second kappa shape index (κ2) is 5.57. The SMILES string of the molecule is CNCc1cccc(C2(C(=O)N3CCCCC3)CC2)c1. The van der Waals surface area contributed by atoms with Gasteiger partial charge in [-0.15, -0.1) is 0 Å². The fourth-order valence-electron chi connectivity index (χ4n) is 3.33. The van der Waals surface area contributed by atoms with Crippen LogP contribution in [0, 0.1) is 0 Å². The van der Waals surface area contributed by atoms with Crippen LogP contribution < -0.4 is 5.32 Å². The van der Waals surface area contributed by atoms with Crippen molar-refractivity contribution in [2.45, 2.75) is 44.1 Å². The van der Waals surface area contributed by atoms with E-state index in [1.54, 1.807) is 0 Å². The second-order valence-electron chi connectivity index (χ2n) is 6.17. The molecular weight excluding hydrogens is 248 g/mol. The Hall–Kier alpha value is -1.35. The molecule has 1 aromatic carbocycles. The Morgan fingerprint density at radius 3 is 2.65 bits per heavy atom. The van der Waals surface area contributed by atoms with E-state index in [2.05, 4.69) is 34.5 Å². The van der Waals surface area contributed by atoms with Crippen LogP contribution in [-0.4, -0.2) is 30.9 Å². The molecule has 0 aromatic heterocycles. The van der Waals surface area contributed by atoms with E-state index < -0.39 is 0 Å². The zero-order valence-electron chi connectivity index (χ0n) is 12.3. The third-order valence-corrected chi connectivity index (χ3v) is 4.66. The van der Waals surface area contributed by atoms with Crippen LogP contribution >= 0.6 is 0 Å². The highest BCUT2D eigenvalue weighted by molar-refractivity contribution is 5.91. The monoisotopic (exact) mass is 272 g/mol. The quantitative estimate of drug-likeness (QED) is 0.913. The van der Waals surface area contributed by atoms with Gasteiger partial charge in [0.1, 0.15) is 0 Å². The molecule has 0 spiro atoms. The first-order valence-electron chi connectivity index (χ1n) is 7.80. The third-order valence-electron chi connectivity index (χ3n) is 4.66. The van der Waals surface area contributed by atoms with Gasteiger partial charge in [0, 0.05) is 19.6 Å². The molecule has 0 unspecified atom stereocenters. The van der Waals surface area contributed by atoms with Gasteiger partial charge in [0.25, 0.3) is 0 Å². The van der Waals surface area contributed by atoms with Crippen molar-refractivity contribution in [3.8, 4) is 0 Å². The summed E-state index contributed by atoms with van der Waals surface area (Å²) in [5, 5.41) is 3.18. The van der Waals surface area contributed by atoms with Crippen molar-refractivity contribution >= 4 is 5.91 Å². The topological polar surface area (TPSA) is 32.3 Å². The highest BCUT2D eigenvalue weighted by Gasteiger charge is 2.53. The summed E-state index contributed by atoms with van der Waals surface area (Å²) < 4.78 is 0.